The second-order valence-corrected chi connectivity index (χ2v) is 9.21. The van der Waals surface area contributed by atoms with Crippen LogP contribution in [0.15, 0.2) is 18.2 Å². The Morgan fingerprint density at radius 3 is 2.70 bits per heavy atom. The van der Waals surface area contributed by atoms with Crippen LogP contribution in [0.1, 0.15) is 55.6 Å². The average molecular weight is 453 g/mol. The zero-order valence-corrected chi connectivity index (χ0v) is 19.7. The summed E-state index contributed by atoms with van der Waals surface area (Å²) in [7, 11) is 1.59. The van der Waals surface area contributed by atoms with Gasteiger partial charge in [0.2, 0.25) is 11.8 Å². The molecule has 0 spiro atoms. The van der Waals surface area contributed by atoms with Gasteiger partial charge in [-0.1, -0.05) is 19.9 Å². The number of hydrogen-bond donors (Lipinski definition) is 3. The Balaban J connectivity index is 1.74. The molecule has 2 heterocycles. The third-order valence-electron chi connectivity index (χ3n) is 6.20. The van der Waals surface area contributed by atoms with Gasteiger partial charge in [0.25, 0.3) is 0 Å². The highest BCUT2D eigenvalue weighted by atomic mass is 16.5. The number of amides is 2. The Hall–Kier alpha value is -3.34. The van der Waals surface area contributed by atoms with E-state index in [1.807, 2.05) is 32.9 Å². The zero-order chi connectivity index (χ0) is 24.1. The van der Waals surface area contributed by atoms with Crippen LogP contribution >= 0.6 is 0 Å². The molecular formula is C25H32N4O4. The van der Waals surface area contributed by atoms with Crippen molar-refractivity contribution in [2.45, 2.75) is 52.5 Å². The summed E-state index contributed by atoms with van der Waals surface area (Å²) in [6.45, 7) is 6.53. The molecule has 8 heteroatoms. The number of rotatable bonds is 10. The Morgan fingerprint density at radius 2 is 2.09 bits per heavy atom. The number of Topliss-reactive ketones (excluding diaryl/α,β-unsaturated/α-hetero) is 1. The van der Waals surface area contributed by atoms with Gasteiger partial charge in [0.05, 0.1) is 24.4 Å². The van der Waals surface area contributed by atoms with Crippen LogP contribution < -0.4 is 15.4 Å². The number of ketones is 1. The number of aryl methyl sites for hydroxylation is 1. The van der Waals surface area contributed by atoms with E-state index in [1.165, 1.54) is 0 Å². The second kappa shape index (κ2) is 10.5. The maximum atomic E-state index is 13.1. The number of carbonyl (C=O) groups is 3. The van der Waals surface area contributed by atoms with Crippen molar-refractivity contribution in [3.63, 3.8) is 0 Å². The highest BCUT2D eigenvalue weighted by molar-refractivity contribution is 6.03. The standard InChI is InChI=1S/C25H32N4O4/c1-14(2)9-17(25(32)28-18(13-26)10-16-7-8-27-24(16)31)11-21(30)20-12-19-22(33-4)6-5-15(3)23(19)29-20/h5-6,12,14,16-18,29H,7-11H2,1-4H3,(H,27,31)(H,28,32)/t16-,17+,18-/m0/s1. The van der Waals surface area contributed by atoms with Gasteiger partial charge in [-0.2, -0.15) is 5.26 Å². The molecular weight excluding hydrogens is 420 g/mol. The molecule has 0 unspecified atom stereocenters. The molecule has 2 amide bonds. The first-order valence-electron chi connectivity index (χ1n) is 11.4. The lowest BCUT2D eigenvalue weighted by molar-refractivity contribution is -0.127. The molecule has 1 fully saturated rings. The molecule has 1 aliphatic heterocycles. The normalized spacial score (nSPS) is 17.5. The van der Waals surface area contributed by atoms with Crippen LogP contribution in [0, 0.1) is 36.0 Å². The molecule has 8 nitrogen and oxygen atoms in total. The van der Waals surface area contributed by atoms with Crippen LogP contribution in [0.25, 0.3) is 10.9 Å². The van der Waals surface area contributed by atoms with Crippen molar-refractivity contribution in [2.24, 2.45) is 17.8 Å². The lowest BCUT2D eigenvalue weighted by atomic mass is 9.90. The summed E-state index contributed by atoms with van der Waals surface area (Å²) in [5, 5.41) is 15.9. The number of nitrogens with zero attached hydrogens (tertiary/aromatic N) is 1. The minimum atomic E-state index is -0.767. The van der Waals surface area contributed by atoms with E-state index in [-0.39, 0.29) is 42.3 Å². The smallest absolute Gasteiger partial charge is 0.224 e. The predicted molar refractivity (Wildman–Crippen MR) is 125 cm³/mol. The molecule has 2 aromatic rings. The Morgan fingerprint density at radius 1 is 1.33 bits per heavy atom. The predicted octanol–water partition coefficient (Wildman–Crippen LogP) is 3.25. The van der Waals surface area contributed by atoms with E-state index in [0.717, 1.165) is 16.5 Å². The molecule has 3 atom stereocenters. The first kappa shape index (κ1) is 24.3. The van der Waals surface area contributed by atoms with Crippen molar-refractivity contribution >= 4 is 28.5 Å². The molecule has 3 N–H and O–H groups in total. The Kier molecular flexibility index (Phi) is 7.75. The quantitative estimate of drug-likeness (QED) is 0.477. The largest absolute Gasteiger partial charge is 0.496 e. The number of nitriles is 1. The summed E-state index contributed by atoms with van der Waals surface area (Å²) in [5.41, 5.74) is 2.26. The third-order valence-corrected chi connectivity index (χ3v) is 6.20. The number of nitrogens with one attached hydrogen (secondary N) is 3. The molecule has 1 aromatic carbocycles. The van der Waals surface area contributed by atoms with Gasteiger partial charge in [-0.25, -0.2) is 0 Å². The summed E-state index contributed by atoms with van der Waals surface area (Å²) >= 11 is 0. The fraction of sp³-hybridized carbons (Fsp3) is 0.520. The van der Waals surface area contributed by atoms with Crippen LogP contribution in [-0.2, 0) is 9.59 Å². The van der Waals surface area contributed by atoms with Gasteiger partial charge in [0.15, 0.2) is 5.78 Å². The molecule has 176 valence electrons. The minimum Gasteiger partial charge on any atom is -0.496 e. The van der Waals surface area contributed by atoms with Crippen LogP contribution in [0.5, 0.6) is 5.75 Å². The molecule has 1 aliphatic rings. The van der Waals surface area contributed by atoms with Gasteiger partial charge in [-0.15, -0.1) is 0 Å². The van der Waals surface area contributed by atoms with Gasteiger partial charge in [0, 0.05) is 30.2 Å². The van der Waals surface area contributed by atoms with Gasteiger partial charge < -0.3 is 20.4 Å². The van der Waals surface area contributed by atoms with Crippen molar-refractivity contribution < 1.29 is 19.1 Å². The zero-order valence-electron chi connectivity index (χ0n) is 19.7. The van der Waals surface area contributed by atoms with E-state index < -0.39 is 12.0 Å². The first-order valence-corrected chi connectivity index (χ1v) is 11.4. The molecule has 1 saturated heterocycles. The molecule has 33 heavy (non-hydrogen) atoms. The lowest BCUT2D eigenvalue weighted by Gasteiger charge is -2.21. The number of ether oxygens (including phenoxy) is 1. The number of aromatic nitrogens is 1. The summed E-state index contributed by atoms with van der Waals surface area (Å²) < 4.78 is 5.41. The van der Waals surface area contributed by atoms with Crippen molar-refractivity contribution in [3.8, 4) is 11.8 Å². The summed E-state index contributed by atoms with van der Waals surface area (Å²) in [4.78, 5) is 41.2. The van der Waals surface area contributed by atoms with Crippen LogP contribution in [0.3, 0.4) is 0 Å². The highest BCUT2D eigenvalue weighted by Crippen LogP contribution is 2.30. The summed E-state index contributed by atoms with van der Waals surface area (Å²) in [6.07, 6.45) is 1.48. The van der Waals surface area contributed by atoms with E-state index in [9.17, 15) is 19.6 Å². The number of fused-ring (bicyclic) bond motifs is 1. The number of methoxy groups -OCH3 is 1. The maximum Gasteiger partial charge on any atom is 0.224 e. The van der Waals surface area contributed by atoms with E-state index in [0.29, 0.717) is 30.8 Å². The molecule has 0 bridgehead atoms. The molecule has 3 rings (SSSR count). The Bertz CT molecular complexity index is 1080. The molecule has 0 radical (unpaired) electrons. The number of aromatic amines is 1. The summed E-state index contributed by atoms with van der Waals surface area (Å²) in [6, 6.07) is 6.88. The van der Waals surface area contributed by atoms with Crippen molar-refractivity contribution in [3.05, 3.63) is 29.5 Å². The number of hydrogen-bond acceptors (Lipinski definition) is 5. The number of benzene rings is 1. The van der Waals surface area contributed by atoms with E-state index >= 15 is 0 Å². The molecule has 0 aliphatic carbocycles. The van der Waals surface area contributed by atoms with Gasteiger partial charge in [-0.05, 0) is 49.8 Å². The summed E-state index contributed by atoms with van der Waals surface area (Å²) in [5.74, 6) is -0.549. The van der Waals surface area contributed by atoms with E-state index in [1.54, 1.807) is 13.2 Å². The van der Waals surface area contributed by atoms with Crippen LogP contribution in [0.4, 0.5) is 0 Å². The lowest BCUT2D eigenvalue weighted by Crippen LogP contribution is -2.41. The second-order valence-electron chi connectivity index (χ2n) is 9.21. The topological polar surface area (TPSA) is 124 Å². The highest BCUT2D eigenvalue weighted by Gasteiger charge is 2.30. The van der Waals surface area contributed by atoms with E-state index in [2.05, 4.69) is 21.7 Å². The van der Waals surface area contributed by atoms with Crippen LogP contribution in [-0.4, -0.2) is 42.3 Å². The van der Waals surface area contributed by atoms with Crippen molar-refractivity contribution in [2.75, 3.05) is 13.7 Å². The maximum absolute atomic E-state index is 13.1. The third kappa shape index (κ3) is 5.72. The number of H-pyrrole nitrogens is 1. The van der Waals surface area contributed by atoms with Gasteiger partial charge >= 0.3 is 0 Å². The van der Waals surface area contributed by atoms with Crippen LogP contribution in [0.2, 0.25) is 0 Å². The number of carbonyl (C=O) groups excluding carboxylic acids is 3. The molecule has 1 aromatic heterocycles. The average Bonchev–Trinajstić information content (AvgIpc) is 3.40. The SMILES string of the molecule is COc1ccc(C)c2[nH]c(C(=O)C[C@@H](CC(C)C)C(=O)N[C@H](C#N)C[C@@H]3CCNC3=O)cc12. The van der Waals surface area contributed by atoms with Crippen molar-refractivity contribution in [1.82, 2.24) is 15.6 Å². The minimum absolute atomic E-state index is 0.0280. The molecule has 0 saturated carbocycles. The Labute approximate surface area is 194 Å². The van der Waals surface area contributed by atoms with Crippen molar-refractivity contribution in [1.29, 1.82) is 5.26 Å². The fourth-order valence-corrected chi connectivity index (χ4v) is 4.44. The monoisotopic (exact) mass is 452 g/mol. The van der Waals surface area contributed by atoms with E-state index in [4.69, 9.17) is 4.74 Å². The first-order chi connectivity index (χ1) is 15.7. The van der Waals surface area contributed by atoms with Gasteiger partial charge in [0.1, 0.15) is 11.8 Å². The van der Waals surface area contributed by atoms with Gasteiger partial charge in [-0.3, -0.25) is 14.4 Å². The fourth-order valence-electron chi connectivity index (χ4n) is 4.44.